The van der Waals surface area contributed by atoms with Crippen LogP contribution in [0.3, 0.4) is 0 Å². The van der Waals surface area contributed by atoms with Gasteiger partial charge in [-0.25, -0.2) is 0 Å². The summed E-state index contributed by atoms with van der Waals surface area (Å²) >= 11 is 8.75. The number of aryl methyl sites for hydroxylation is 1. The van der Waals surface area contributed by atoms with Crippen molar-refractivity contribution < 1.29 is 4.74 Å². The van der Waals surface area contributed by atoms with Crippen LogP contribution in [-0.4, -0.2) is 23.9 Å². The highest BCUT2D eigenvalue weighted by atomic mass is 79.9. The molecule has 0 spiro atoms. The third-order valence-corrected chi connectivity index (χ3v) is 5.11. The molecule has 7 heteroatoms. The molecule has 1 N–H and O–H groups in total. The summed E-state index contributed by atoms with van der Waals surface area (Å²) in [6, 6.07) is 2.13. The fourth-order valence-corrected chi connectivity index (χ4v) is 4.80. The minimum Gasteiger partial charge on any atom is -0.493 e. The predicted octanol–water partition coefficient (Wildman–Crippen LogP) is 3.32. The van der Waals surface area contributed by atoms with Crippen LogP contribution in [0.4, 0.5) is 0 Å². The second-order valence-corrected chi connectivity index (χ2v) is 7.47. The molecule has 0 fully saturated rings. The largest absolute Gasteiger partial charge is 0.493 e. The molecule has 0 saturated carbocycles. The van der Waals surface area contributed by atoms with Crippen molar-refractivity contribution in [2.75, 3.05) is 14.2 Å². The van der Waals surface area contributed by atoms with E-state index in [1.54, 1.807) is 24.6 Å². The quantitative estimate of drug-likeness (QED) is 0.864. The van der Waals surface area contributed by atoms with E-state index in [1.165, 1.54) is 0 Å². The highest BCUT2D eigenvalue weighted by molar-refractivity contribution is 9.12. The van der Waals surface area contributed by atoms with Gasteiger partial charge in [0.1, 0.15) is 5.69 Å². The molecule has 4 nitrogen and oxygen atoms in total. The molecule has 1 atom stereocenters. The van der Waals surface area contributed by atoms with Gasteiger partial charge in [-0.15, -0.1) is 11.3 Å². The Balaban J connectivity index is 2.51. The molecule has 0 radical (unpaired) electrons. The first-order chi connectivity index (χ1) is 8.58. The summed E-state index contributed by atoms with van der Waals surface area (Å²) in [5.41, 5.74) is 2.17. The standard InChI is InChI=1S/C11H13Br2N3OS/c1-14-9(6-4-8(12)18-11(6)13)10-7(17-3)5-15-16(10)2/h4-5,9,14H,1-3H3. The molecule has 18 heavy (non-hydrogen) atoms. The first kappa shape index (κ1) is 14.0. The highest BCUT2D eigenvalue weighted by Crippen LogP contribution is 2.39. The van der Waals surface area contributed by atoms with Gasteiger partial charge < -0.3 is 10.1 Å². The zero-order valence-corrected chi connectivity index (χ0v) is 14.2. The monoisotopic (exact) mass is 393 g/mol. The van der Waals surface area contributed by atoms with Crippen LogP contribution in [0.5, 0.6) is 5.75 Å². The van der Waals surface area contributed by atoms with Crippen LogP contribution in [0.25, 0.3) is 0 Å². The molecule has 2 rings (SSSR count). The van der Waals surface area contributed by atoms with E-state index in [0.29, 0.717) is 0 Å². The van der Waals surface area contributed by atoms with E-state index in [9.17, 15) is 0 Å². The lowest BCUT2D eigenvalue weighted by molar-refractivity contribution is 0.402. The van der Waals surface area contributed by atoms with Crippen molar-refractivity contribution in [2.45, 2.75) is 6.04 Å². The van der Waals surface area contributed by atoms with E-state index in [-0.39, 0.29) is 6.04 Å². The van der Waals surface area contributed by atoms with Gasteiger partial charge in [-0.05, 0) is 45.0 Å². The van der Waals surface area contributed by atoms with Gasteiger partial charge >= 0.3 is 0 Å². The molecule has 0 aromatic carbocycles. The van der Waals surface area contributed by atoms with Gasteiger partial charge in [-0.1, -0.05) is 0 Å². The van der Waals surface area contributed by atoms with Gasteiger partial charge in [-0.3, -0.25) is 4.68 Å². The summed E-state index contributed by atoms with van der Waals surface area (Å²) in [4.78, 5) is 0. The number of hydrogen-bond acceptors (Lipinski definition) is 4. The Hall–Kier alpha value is -0.370. The molecule has 0 saturated heterocycles. The van der Waals surface area contributed by atoms with Crippen LogP contribution in [0.2, 0.25) is 0 Å². The Labute approximate surface area is 127 Å². The molecule has 0 bridgehead atoms. The van der Waals surface area contributed by atoms with Crippen LogP contribution < -0.4 is 10.1 Å². The number of hydrogen-bond donors (Lipinski definition) is 1. The molecule has 0 aliphatic heterocycles. The molecule has 0 aliphatic rings. The molecule has 1 unspecified atom stereocenters. The minimum atomic E-state index is 0.0318. The van der Waals surface area contributed by atoms with Gasteiger partial charge in [0.15, 0.2) is 5.75 Å². The number of thiophene rings is 1. The van der Waals surface area contributed by atoms with Crippen molar-refractivity contribution in [3.8, 4) is 5.75 Å². The molecule has 2 aromatic rings. The molecular formula is C11H13Br2N3OS. The van der Waals surface area contributed by atoms with Gasteiger partial charge in [0.25, 0.3) is 0 Å². The number of methoxy groups -OCH3 is 1. The van der Waals surface area contributed by atoms with E-state index < -0.39 is 0 Å². The van der Waals surface area contributed by atoms with Gasteiger partial charge in [-0.2, -0.15) is 5.10 Å². The fourth-order valence-electron chi connectivity index (χ4n) is 1.90. The Morgan fingerprint density at radius 3 is 2.72 bits per heavy atom. The van der Waals surface area contributed by atoms with Gasteiger partial charge in [0.2, 0.25) is 0 Å². The lowest BCUT2D eigenvalue weighted by atomic mass is 10.1. The first-order valence-corrected chi connectivity index (χ1v) is 7.66. The Bertz CT molecular complexity index is 552. The topological polar surface area (TPSA) is 39.1 Å². The summed E-state index contributed by atoms with van der Waals surface area (Å²) in [6.45, 7) is 0. The average Bonchev–Trinajstić information content (AvgIpc) is 2.85. The Morgan fingerprint density at radius 2 is 2.22 bits per heavy atom. The number of rotatable bonds is 4. The van der Waals surface area contributed by atoms with E-state index >= 15 is 0 Å². The summed E-state index contributed by atoms with van der Waals surface area (Å²) in [5, 5.41) is 7.55. The van der Waals surface area contributed by atoms with Gasteiger partial charge in [0.05, 0.1) is 26.9 Å². The summed E-state index contributed by atoms with van der Waals surface area (Å²) in [5.74, 6) is 0.783. The second-order valence-electron chi connectivity index (χ2n) is 3.72. The maximum atomic E-state index is 5.37. The lowest BCUT2D eigenvalue weighted by Gasteiger charge is -2.17. The van der Waals surface area contributed by atoms with E-state index in [4.69, 9.17) is 4.74 Å². The first-order valence-electron chi connectivity index (χ1n) is 5.26. The van der Waals surface area contributed by atoms with Crippen molar-refractivity contribution >= 4 is 43.2 Å². The van der Waals surface area contributed by atoms with Crippen molar-refractivity contribution in [1.29, 1.82) is 0 Å². The minimum absolute atomic E-state index is 0.0318. The van der Waals surface area contributed by atoms with Crippen molar-refractivity contribution in [3.05, 3.63) is 31.1 Å². The Kier molecular flexibility index (Phi) is 4.47. The maximum Gasteiger partial charge on any atom is 0.161 e. The molecule has 98 valence electrons. The normalized spacial score (nSPS) is 12.7. The third-order valence-electron chi connectivity index (χ3n) is 2.73. The third kappa shape index (κ3) is 2.49. The zero-order chi connectivity index (χ0) is 13.3. The molecule has 0 aliphatic carbocycles. The second kappa shape index (κ2) is 5.73. The molecule has 0 amide bonds. The highest BCUT2D eigenvalue weighted by Gasteiger charge is 2.24. The average molecular weight is 395 g/mol. The smallest absolute Gasteiger partial charge is 0.161 e. The van der Waals surface area contributed by atoms with Crippen LogP contribution in [0.1, 0.15) is 17.3 Å². The molecule has 2 aromatic heterocycles. The number of halogens is 2. The number of nitrogens with one attached hydrogen (secondary N) is 1. The summed E-state index contributed by atoms with van der Waals surface area (Å²) in [7, 11) is 5.50. The van der Waals surface area contributed by atoms with Crippen LogP contribution in [0.15, 0.2) is 19.8 Å². The summed E-state index contributed by atoms with van der Waals surface area (Å²) < 4.78 is 9.38. The van der Waals surface area contributed by atoms with Crippen molar-refractivity contribution in [3.63, 3.8) is 0 Å². The van der Waals surface area contributed by atoms with Crippen LogP contribution in [-0.2, 0) is 7.05 Å². The SMILES string of the molecule is CNC(c1cc(Br)sc1Br)c1c(OC)cnn1C. The number of ether oxygens (including phenoxy) is 1. The van der Waals surface area contributed by atoms with Crippen LogP contribution >= 0.6 is 43.2 Å². The van der Waals surface area contributed by atoms with E-state index in [0.717, 1.165) is 24.6 Å². The predicted molar refractivity (Wildman–Crippen MR) is 80.4 cm³/mol. The fraction of sp³-hybridized carbons (Fsp3) is 0.364. The Morgan fingerprint density at radius 1 is 1.50 bits per heavy atom. The van der Waals surface area contributed by atoms with Gasteiger partial charge in [0, 0.05) is 12.6 Å². The zero-order valence-electron chi connectivity index (χ0n) is 10.2. The van der Waals surface area contributed by atoms with E-state index in [2.05, 4.69) is 48.3 Å². The van der Waals surface area contributed by atoms with Crippen LogP contribution in [0, 0.1) is 0 Å². The molecule has 2 heterocycles. The number of nitrogens with zero attached hydrogens (tertiary/aromatic N) is 2. The summed E-state index contributed by atoms with van der Waals surface area (Å²) in [6.07, 6.45) is 1.73. The van der Waals surface area contributed by atoms with Crippen molar-refractivity contribution in [2.24, 2.45) is 7.05 Å². The van der Waals surface area contributed by atoms with Crippen molar-refractivity contribution in [1.82, 2.24) is 15.1 Å². The lowest BCUT2D eigenvalue weighted by Crippen LogP contribution is -2.21. The van der Waals surface area contributed by atoms with E-state index in [1.807, 2.05) is 18.8 Å². The number of aromatic nitrogens is 2. The molecular weight excluding hydrogens is 382 g/mol. The maximum absolute atomic E-state index is 5.37.